The number of methoxy groups -OCH3 is 1. The Morgan fingerprint density at radius 2 is 1.97 bits per heavy atom. The number of benzene rings is 2. The zero-order valence-electron chi connectivity index (χ0n) is 18.4. The number of nitrogens with two attached hydrogens (primary N) is 1. The first-order chi connectivity index (χ1) is 16.0. The molecular formula is C25H24N6O2. The van der Waals surface area contributed by atoms with E-state index in [1.54, 1.807) is 17.7 Å². The molecule has 0 unspecified atom stereocenters. The summed E-state index contributed by atoms with van der Waals surface area (Å²) in [5.41, 5.74) is 9.30. The van der Waals surface area contributed by atoms with E-state index in [1.807, 2.05) is 73.7 Å². The third-order valence-corrected chi connectivity index (χ3v) is 5.13. The van der Waals surface area contributed by atoms with Gasteiger partial charge in [-0.1, -0.05) is 61.2 Å². The lowest BCUT2D eigenvalue weighted by molar-refractivity contribution is -0.118. The van der Waals surface area contributed by atoms with Gasteiger partial charge < -0.3 is 15.8 Å². The monoisotopic (exact) mass is 440 g/mol. The first-order valence-electron chi connectivity index (χ1n) is 10.3. The number of nitrogens with one attached hydrogen (secondary N) is 1. The highest BCUT2D eigenvalue weighted by atomic mass is 16.5. The first kappa shape index (κ1) is 21.8. The number of amides is 1. The normalized spacial score (nSPS) is 12.1. The number of ether oxygens (including phenoxy) is 1. The van der Waals surface area contributed by atoms with E-state index in [0.717, 1.165) is 16.7 Å². The number of carbonyl (C=O) groups excluding carboxylic acids is 1. The number of aryl methyl sites for hydroxylation is 1. The molecule has 0 fully saturated rings. The summed E-state index contributed by atoms with van der Waals surface area (Å²) in [6, 6.07) is 15.9. The third-order valence-electron chi connectivity index (χ3n) is 5.13. The van der Waals surface area contributed by atoms with E-state index < -0.39 is 11.9 Å². The molecule has 2 heterocycles. The summed E-state index contributed by atoms with van der Waals surface area (Å²) in [7, 11) is 1.61. The van der Waals surface area contributed by atoms with Crippen molar-refractivity contribution in [3.8, 4) is 17.1 Å². The Balaban J connectivity index is 1.89. The van der Waals surface area contributed by atoms with Crippen LogP contribution in [0.15, 0.2) is 73.3 Å². The van der Waals surface area contributed by atoms with Crippen LogP contribution in [0, 0.1) is 6.92 Å². The van der Waals surface area contributed by atoms with Crippen molar-refractivity contribution < 1.29 is 9.53 Å². The second-order valence-corrected chi connectivity index (χ2v) is 7.32. The SMILES string of the molecule is C=C/C=C\c1c(C)nc(N[C@@H](C(N)=O)c2ccccc2)n2nc(-c3cccc(OC)c3)nc12. The molecule has 33 heavy (non-hydrogen) atoms. The number of aromatic nitrogens is 4. The molecule has 2 aromatic carbocycles. The fraction of sp³-hybridized carbons (Fsp3) is 0.120. The summed E-state index contributed by atoms with van der Waals surface area (Å²) in [5.74, 6) is 1.02. The van der Waals surface area contributed by atoms with Crippen LogP contribution < -0.4 is 15.8 Å². The molecule has 0 saturated carbocycles. The van der Waals surface area contributed by atoms with Gasteiger partial charge in [0.2, 0.25) is 11.9 Å². The molecule has 0 saturated heterocycles. The standard InChI is InChI=1S/C25H24N6O2/c1-4-5-14-20-16(2)27-25(28-21(22(26)32)17-10-7-6-8-11-17)31-24(20)29-23(30-31)18-12-9-13-19(15-18)33-3/h4-15,21H,1H2,2-3H3,(H2,26,32)(H,27,28)/b14-5-/t21-/m1/s1. The predicted octanol–water partition coefficient (Wildman–Crippen LogP) is 3.95. The molecule has 0 radical (unpaired) electrons. The quantitative estimate of drug-likeness (QED) is 0.402. The molecular weight excluding hydrogens is 416 g/mol. The van der Waals surface area contributed by atoms with Crippen LogP contribution >= 0.6 is 0 Å². The Morgan fingerprint density at radius 3 is 2.67 bits per heavy atom. The van der Waals surface area contributed by atoms with E-state index in [0.29, 0.717) is 28.9 Å². The molecule has 0 aliphatic carbocycles. The Bertz CT molecular complexity index is 1340. The molecule has 0 aliphatic rings. The van der Waals surface area contributed by atoms with Crippen LogP contribution in [0.4, 0.5) is 5.95 Å². The van der Waals surface area contributed by atoms with E-state index in [-0.39, 0.29) is 0 Å². The summed E-state index contributed by atoms with van der Waals surface area (Å²) in [6.07, 6.45) is 5.37. The third kappa shape index (κ3) is 4.45. The lowest BCUT2D eigenvalue weighted by Crippen LogP contribution is -2.29. The van der Waals surface area contributed by atoms with Crippen molar-refractivity contribution >= 4 is 23.6 Å². The molecule has 2 aromatic heterocycles. The number of fused-ring (bicyclic) bond motifs is 1. The van der Waals surface area contributed by atoms with Crippen molar-refractivity contribution in [2.75, 3.05) is 12.4 Å². The van der Waals surface area contributed by atoms with E-state index >= 15 is 0 Å². The minimum Gasteiger partial charge on any atom is -0.497 e. The molecule has 1 amide bonds. The molecule has 3 N–H and O–H groups in total. The number of carbonyl (C=O) groups is 1. The molecule has 0 spiro atoms. The molecule has 8 nitrogen and oxygen atoms in total. The summed E-state index contributed by atoms with van der Waals surface area (Å²) in [6.45, 7) is 5.61. The molecule has 8 heteroatoms. The van der Waals surface area contributed by atoms with Gasteiger partial charge in [-0.2, -0.15) is 4.52 Å². The van der Waals surface area contributed by atoms with Crippen molar-refractivity contribution in [1.82, 2.24) is 19.6 Å². The topological polar surface area (TPSA) is 107 Å². The number of primary amides is 1. The minimum absolute atomic E-state index is 0.354. The number of rotatable bonds is 8. The van der Waals surface area contributed by atoms with Crippen LogP contribution in [-0.4, -0.2) is 32.6 Å². The second kappa shape index (κ2) is 9.35. The average molecular weight is 441 g/mol. The van der Waals surface area contributed by atoms with E-state index in [2.05, 4.69) is 22.0 Å². The van der Waals surface area contributed by atoms with Crippen LogP contribution in [0.1, 0.15) is 22.9 Å². The summed E-state index contributed by atoms with van der Waals surface area (Å²) in [4.78, 5) is 21.7. The maximum Gasteiger partial charge on any atom is 0.244 e. The molecule has 166 valence electrons. The van der Waals surface area contributed by atoms with Gasteiger partial charge in [0.15, 0.2) is 11.5 Å². The van der Waals surface area contributed by atoms with Crippen LogP contribution in [-0.2, 0) is 4.79 Å². The summed E-state index contributed by atoms with van der Waals surface area (Å²) >= 11 is 0. The highest BCUT2D eigenvalue weighted by Crippen LogP contribution is 2.27. The maximum absolute atomic E-state index is 12.3. The Morgan fingerprint density at radius 1 is 1.18 bits per heavy atom. The van der Waals surface area contributed by atoms with E-state index in [1.165, 1.54) is 0 Å². The van der Waals surface area contributed by atoms with Gasteiger partial charge in [-0.25, -0.2) is 9.97 Å². The van der Waals surface area contributed by atoms with Crippen LogP contribution in [0.25, 0.3) is 23.1 Å². The number of anilines is 1. The van der Waals surface area contributed by atoms with Gasteiger partial charge in [0.05, 0.1) is 12.8 Å². The Hall–Kier alpha value is -4.46. The zero-order valence-corrected chi connectivity index (χ0v) is 18.4. The Labute approximate surface area is 191 Å². The van der Waals surface area contributed by atoms with Crippen molar-refractivity contribution in [3.05, 3.63) is 90.1 Å². The van der Waals surface area contributed by atoms with Crippen LogP contribution in [0.2, 0.25) is 0 Å². The van der Waals surface area contributed by atoms with Crippen molar-refractivity contribution in [2.24, 2.45) is 5.73 Å². The first-order valence-corrected chi connectivity index (χ1v) is 10.3. The van der Waals surface area contributed by atoms with Gasteiger partial charge >= 0.3 is 0 Å². The Kier molecular flexibility index (Phi) is 6.17. The fourth-order valence-corrected chi connectivity index (χ4v) is 3.49. The van der Waals surface area contributed by atoms with Gasteiger partial charge in [-0.3, -0.25) is 4.79 Å². The number of allylic oxidation sites excluding steroid dienone is 2. The molecule has 4 aromatic rings. The lowest BCUT2D eigenvalue weighted by atomic mass is 10.1. The average Bonchev–Trinajstić information content (AvgIpc) is 3.28. The van der Waals surface area contributed by atoms with Gasteiger partial charge in [0.25, 0.3) is 0 Å². The second-order valence-electron chi connectivity index (χ2n) is 7.32. The maximum atomic E-state index is 12.3. The van der Waals surface area contributed by atoms with Crippen molar-refractivity contribution in [3.63, 3.8) is 0 Å². The highest BCUT2D eigenvalue weighted by Gasteiger charge is 2.22. The molecule has 4 rings (SSSR count). The highest BCUT2D eigenvalue weighted by molar-refractivity contribution is 5.84. The van der Waals surface area contributed by atoms with Crippen molar-refractivity contribution in [1.29, 1.82) is 0 Å². The molecule has 1 atom stereocenters. The van der Waals surface area contributed by atoms with Gasteiger partial charge in [-0.15, -0.1) is 5.10 Å². The number of hydrogen-bond acceptors (Lipinski definition) is 6. The van der Waals surface area contributed by atoms with Crippen LogP contribution in [0.5, 0.6) is 5.75 Å². The van der Waals surface area contributed by atoms with Gasteiger partial charge in [0.1, 0.15) is 11.8 Å². The van der Waals surface area contributed by atoms with Crippen molar-refractivity contribution in [2.45, 2.75) is 13.0 Å². The number of hydrogen-bond donors (Lipinski definition) is 2. The number of nitrogens with zero attached hydrogens (tertiary/aromatic N) is 4. The largest absolute Gasteiger partial charge is 0.497 e. The lowest BCUT2D eigenvalue weighted by Gasteiger charge is -2.17. The molecule has 0 aliphatic heterocycles. The minimum atomic E-state index is -0.791. The predicted molar refractivity (Wildman–Crippen MR) is 129 cm³/mol. The van der Waals surface area contributed by atoms with E-state index in [4.69, 9.17) is 15.5 Å². The smallest absolute Gasteiger partial charge is 0.244 e. The fourth-order valence-electron chi connectivity index (χ4n) is 3.49. The molecule has 0 bridgehead atoms. The van der Waals surface area contributed by atoms with E-state index in [9.17, 15) is 4.79 Å². The zero-order chi connectivity index (χ0) is 23.4. The van der Waals surface area contributed by atoms with Gasteiger partial charge in [-0.05, 0) is 30.7 Å². The summed E-state index contributed by atoms with van der Waals surface area (Å²) in [5, 5.41) is 7.84. The van der Waals surface area contributed by atoms with Crippen LogP contribution in [0.3, 0.4) is 0 Å². The van der Waals surface area contributed by atoms with Gasteiger partial charge in [0, 0.05) is 11.1 Å². The summed E-state index contributed by atoms with van der Waals surface area (Å²) < 4.78 is 6.92.